The Hall–Kier alpha value is -1.58. The SMILES string of the molecule is C.Cc1cc(Br)c(Cl)cc1NC(=O)C(F)(F)C(F)(F)C(F)(F)F.O=C(Nc1cc(Cl)c(Br)cc1CBr)C(F)(F)C(F)(F)C(F)(F)F. The lowest BCUT2D eigenvalue weighted by Crippen LogP contribution is -2.57. The summed E-state index contributed by atoms with van der Waals surface area (Å²) in [6.07, 6.45) is -13.2. The summed E-state index contributed by atoms with van der Waals surface area (Å²) in [7, 11) is 0. The Morgan fingerprint density at radius 2 is 0.978 bits per heavy atom. The lowest BCUT2D eigenvalue weighted by Gasteiger charge is -2.27. The van der Waals surface area contributed by atoms with Gasteiger partial charge in [0.2, 0.25) is 0 Å². The number of alkyl halides is 15. The van der Waals surface area contributed by atoms with Crippen molar-refractivity contribution in [3.63, 3.8) is 0 Å². The molecular formula is C23H15Br3Cl2F14N2O2. The molecule has 46 heavy (non-hydrogen) atoms. The third-order valence-corrected chi connectivity index (χ3v) is 8.12. The number of carbonyl (C=O) groups is 2. The third kappa shape index (κ3) is 9.31. The minimum atomic E-state index is -6.59. The van der Waals surface area contributed by atoms with Gasteiger partial charge in [0, 0.05) is 25.7 Å². The molecule has 0 atom stereocenters. The Balaban J connectivity index is 0.000000862. The predicted molar refractivity (Wildman–Crippen MR) is 152 cm³/mol. The summed E-state index contributed by atoms with van der Waals surface area (Å²) >= 11 is 20.2. The highest BCUT2D eigenvalue weighted by Crippen LogP contribution is 2.48. The van der Waals surface area contributed by atoms with Crippen molar-refractivity contribution in [2.75, 3.05) is 10.6 Å². The Morgan fingerprint density at radius 1 is 0.652 bits per heavy atom. The van der Waals surface area contributed by atoms with Crippen molar-refractivity contribution < 1.29 is 71.1 Å². The molecule has 0 aliphatic carbocycles. The molecule has 23 heteroatoms. The van der Waals surface area contributed by atoms with Crippen LogP contribution in [-0.2, 0) is 14.9 Å². The van der Waals surface area contributed by atoms with Crippen molar-refractivity contribution in [2.45, 2.75) is 55.7 Å². The number of rotatable bonds is 7. The van der Waals surface area contributed by atoms with Gasteiger partial charge in [-0.15, -0.1) is 0 Å². The summed E-state index contributed by atoms with van der Waals surface area (Å²) in [5.41, 5.74) is -0.606. The van der Waals surface area contributed by atoms with Crippen LogP contribution in [0.4, 0.5) is 72.8 Å². The Labute approximate surface area is 284 Å². The molecule has 4 nitrogen and oxygen atoms in total. The second-order valence-corrected chi connectivity index (χ2v) is 11.4. The molecule has 0 bridgehead atoms. The van der Waals surface area contributed by atoms with Crippen LogP contribution in [0.3, 0.4) is 0 Å². The van der Waals surface area contributed by atoms with Crippen molar-refractivity contribution in [2.24, 2.45) is 0 Å². The van der Waals surface area contributed by atoms with Gasteiger partial charge in [0.15, 0.2) is 0 Å². The molecule has 0 radical (unpaired) electrons. The van der Waals surface area contributed by atoms with Gasteiger partial charge in [0.1, 0.15) is 0 Å². The normalized spacial score (nSPS) is 12.9. The van der Waals surface area contributed by atoms with E-state index < -0.39 is 59.2 Å². The molecule has 2 aromatic carbocycles. The predicted octanol–water partition coefficient (Wildman–Crippen LogP) is 11.6. The molecule has 0 unspecified atom stereocenters. The number of aryl methyl sites for hydroxylation is 1. The van der Waals surface area contributed by atoms with Gasteiger partial charge in [-0.25, -0.2) is 0 Å². The summed E-state index contributed by atoms with van der Waals surface area (Å²) in [5, 5.41) is 2.52. The largest absolute Gasteiger partial charge is 0.460 e. The van der Waals surface area contributed by atoms with Gasteiger partial charge in [-0.2, -0.15) is 61.5 Å². The van der Waals surface area contributed by atoms with Crippen molar-refractivity contribution in [3.8, 4) is 0 Å². The highest BCUT2D eigenvalue weighted by molar-refractivity contribution is 9.11. The zero-order chi connectivity index (χ0) is 35.7. The van der Waals surface area contributed by atoms with Crippen LogP contribution in [-0.4, -0.2) is 47.9 Å². The minimum absolute atomic E-state index is 0. The standard InChI is InChI=1S/C11H5Br2ClF7NO.C11H6BrClF7NO.CH4/c12-3-4-1-5(13)6(14)2-7(4)22-8(23)9(15,16)10(17,18)11(19,20)21;1-4-2-5(12)6(13)3-7(4)21-8(22)9(14,15)10(16,17)11(18,19)20;/h1-2H,3H2,(H,22,23);2-3H,1H3,(H,21,22);1H4. The molecule has 0 saturated heterocycles. The number of anilines is 2. The fourth-order valence-electron chi connectivity index (χ4n) is 2.64. The fourth-order valence-corrected chi connectivity index (χ4v) is 4.28. The Kier molecular flexibility index (Phi) is 14.8. The average molecular weight is 928 g/mol. The van der Waals surface area contributed by atoms with Crippen LogP contribution >= 0.6 is 71.0 Å². The van der Waals surface area contributed by atoms with Crippen LogP contribution in [0.1, 0.15) is 18.6 Å². The van der Waals surface area contributed by atoms with Crippen LogP contribution in [0, 0.1) is 6.92 Å². The maximum Gasteiger partial charge on any atom is 0.460 e. The lowest BCUT2D eigenvalue weighted by molar-refractivity contribution is -0.343. The molecule has 0 fully saturated rings. The molecule has 0 aliphatic rings. The molecule has 0 spiro atoms. The van der Waals surface area contributed by atoms with E-state index in [9.17, 15) is 71.1 Å². The first kappa shape index (κ1) is 44.4. The third-order valence-electron chi connectivity index (χ3n) is 5.12. The topological polar surface area (TPSA) is 58.2 Å². The van der Waals surface area contributed by atoms with E-state index >= 15 is 0 Å². The van der Waals surface area contributed by atoms with Crippen LogP contribution in [0.5, 0.6) is 0 Å². The van der Waals surface area contributed by atoms with E-state index in [1.54, 1.807) is 0 Å². The van der Waals surface area contributed by atoms with E-state index in [2.05, 4.69) is 47.8 Å². The molecule has 2 N–H and O–H groups in total. The number of nitrogens with one attached hydrogen (secondary N) is 2. The first-order valence-corrected chi connectivity index (χ1v) is 14.2. The maximum absolute atomic E-state index is 13.3. The van der Waals surface area contributed by atoms with Gasteiger partial charge < -0.3 is 10.6 Å². The van der Waals surface area contributed by atoms with E-state index in [-0.39, 0.29) is 33.9 Å². The molecule has 2 rings (SSSR count). The van der Waals surface area contributed by atoms with Crippen molar-refractivity contribution in [1.29, 1.82) is 0 Å². The number of carbonyl (C=O) groups excluding carboxylic acids is 2. The molecule has 0 saturated carbocycles. The number of benzene rings is 2. The summed E-state index contributed by atoms with van der Waals surface area (Å²) in [6, 6.07) is 4.40. The second kappa shape index (κ2) is 15.3. The summed E-state index contributed by atoms with van der Waals surface area (Å²) in [5.74, 6) is -30.6. The van der Waals surface area contributed by atoms with Crippen LogP contribution in [0.25, 0.3) is 0 Å². The second-order valence-electron chi connectivity index (χ2n) is 8.34. The van der Waals surface area contributed by atoms with Crippen molar-refractivity contribution in [1.82, 2.24) is 0 Å². The van der Waals surface area contributed by atoms with Crippen LogP contribution in [0.2, 0.25) is 10.0 Å². The van der Waals surface area contributed by atoms with E-state index in [0.717, 1.165) is 12.1 Å². The molecule has 0 aromatic heterocycles. The first-order valence-electron chi connectivity index (χ1n) is 10.7. The van der Waals surface area contributed by atoms with Crippen LogP contribution < -0.4 is 10.6 Å². The molecule has 2 aromatic rings. The van der Waals surface area contributed by atoms with E-state index in [4.69, 9.17) is 23.2 Å². The summed E-state index contributed by atoms with van der Waals surface area (Å²) in [4.78, 5) is 22.5. The maximum atomic E-state index is 13.3. The van der Waals surface area contributed by atoms with E-state index in [0.29, 0.717) is 8.95 Å². The molecule has 0 heterocycles. The first-order chi connectivity index (χ1) is 20.0. The fraction of sp³-hybridized carbons (Fsp3) is 0.391. The Bertz CT molecular complexity index is 1440. The van der Waals surface area contributed by atoms with Gasteiger partial charge in [-0.3, -0.25) is 9.59 Å². The van der Waals surface area contributed by atoms with Crippen molar-refractivity contribution >= 4 is 94.2 Å². The number of hydrogen-bond acceptors (Lipinski definition) is 2. The van der Waals surface area contributed by atoms with Crippen LogP contribution in [0.15, 0.2) is 33.2 Å². The van der Waals surface area contributed by atoms with Gasteiger partial charge in [-0.1, -0.05) is 46.6 Å². The molecule has 2 amide bonds. The summed E-state index contributed by atoms with van der Waals surface area (Å²) < 4.78 is 177. The quantitative estimate of drug-likeness (QED) is 0.215. The number of halogens is 19. The van der Waals surface area contributed by atoms with Gasteiger partial charge in [-0.05, 0) is 74.2 Å². The highest BCUT2D eigenvalue weighted by atomic mass is 79.9. The molecule has 0 aliphatic heterocycles. The summed E-state index contributed by atoms with van der Waals surface area (Å²) in [6.45, 7) is 1.30. The monoisotopic (exact) mass is 924 g/mol. The highest BCUT2D eigenvalue weighted by Gasteiger charge is 2.77. The average Bonchev–Trinajstić information content (AvgIpc) is 2.87. The Morgan fingerprint density at radius 3 is 1.33 bits per heavy atom. The molecular weight excluding hydrogens is 913 g/mol. The van der Waals surface area contributed by atoms with E-state index in [1.807, 2.05) is 0 Å². The van der Waals surface area contributed by atoms with Gasteiger partial charge >= 0.3 is 47.9 Å². The lowest BCUT2D eigenvalue weighted by atomic mass is 10.1. The number of hydrogen-bond donors (Lipinski definition) is 2. The number of amides is 2. The minimum Gasteiger partial charge on any atom is -0.320 e. The zero-order valence-corrected chi connectivity index (χ0v) is 27.3. The smallest absolute Gasteiger partial charge is 0.320 e. The molecule has 262 valence electrons. The van der Waals surface area contributed by atoms with Crippen molar-refractivity contribution in [3.05, 3.63) is 54.4 Å². The van der Waals surface area contributed by atoms with Gasteiger partial charge in [0.05, 0.1) is 10.0 Å². The van der Waals surface area contributed by atoms with E-state index in [1.165, 1.54) is 29.7 Å². The zero-order valence-electron chi connectivity index (χ0n) is 21.0. The van der Waals surface area contributed by atoms with Gasteiger partial charge in [0.25, 0.3) is 0 Å².